The first-order valence-corrected chi connectivity index (χ1v) is 10.7. The predicted octanol–water partition coefficient (Wildman–Crippen LogP) is 4.49. The Bertz CT molecular complexity index is 978. The molecule has 0 amide bonds. The highest BCUT2D eigenvalue weighted by atomic mass is 35.5. The fraction of sp³-hybridized carbons (Fsp3) is 0.381. The van der Waals surface area contributed by atoms with E-state index < -0.39 is 22.1 Å². The van der Waals surface area contributed by atoms with Crippen LogP contribution in [0.3, 0.4) is 0 Å². The van der Waals surface area contributed by atoms with Crippen molar-refractivity contribution in [3.63, 3.8) is 0 Å². The molecule has 0 spiro atoms. The first-order valence-electron chi connectivity index (χ1n) is 9.93. The second-order valence-electron chi connectivity index (χ2n) is 7.40. The normalized spacial score (nSPS) is 14.6. The average Bonchev–Trinajstić information content (AvgIpc) is 2.75. The summed E-state index contributed by atoms with van der Waals surface area (Å²) in [6, 6.07) is 7.67. The number of phenolic OH excluding ortho intramolecular Hbond substituents is 2. The van der Waals surface area contributed by atoms with Gasteiger partial charge in [0.2, 0.25) is 5.75 Å². The summed E-state index contributed by atoms with van der Waals surface area (Å²) in [5.41, 5.74) is 0.278. The quantitative estimate of drug-likeness (QED) is 0.193. The van der Waals surface area contributed by atoms with Gasteiger partial charge in [0, 0.05) is 44.2 Å². The van der Waals surface area contributed by atoms with Crippen molar-refractivity contribution in [3.8, 4) is 11.5 Å². The van der Waals surface area contributed by atoms with Crippen LogP contribution in [0.1, 0.15) is 29.6 Å². The summed E-state index contributed by atoms with van der Waals surface area (Å²) in [4.78, 5) is 27.0. The molecule has 10 heteroatoms. The lowest BCUT2D eigenvalue weighted by molar-refractivity contribution is -0.386. The highest BCUT2D eigenvalue weighted by Gasteiger charge is 2.22. The number of halogens is 2. The Morgan fingerprint density at radius 3 is 2.48 bits per heavy atom. The van der Waals surface area contributed by atoms with E-state index >= 15 is 0 Å². The van der Waals surface area contributed by atoms with Crippen LogP contribution in [0.25, 0.3) is 0 Å². The molecule has 1 aliphatic rings. The smallest absolute Gasteiger partial charge is 0.315 e. The molecule has 166 valence electrons. The maximum absolute atomic E-state index is 12.3. The van der Waals surface area contributed by atoms with E-state index in [4.69, 9.17) is 23.2 Å². The minimum absolute atomic E-state index is 0.0222. The molecule has 0 unspecified atom stereocenters. The number of nitrogens with zero attached hydrogens (tertiary/aromatic N) is 3. The summed E-state index contributed by atoms with van der Waals surface area (Å²) in [6.45, 7) is 4.24. The highest BCUT2D eigenvalue weighted by Crippen LogP contribution is 2.36. The van der Waals surface area contributed by atoms with Gasteiger partial charge in [0.05, 0.1) is 20.7 Å². The molecular weight excluding hydrogens is 445 g/mol. The van der Waals surface area contributed by atoms with E-state index in [1.165, 1.54) is 0 Å². The number of Topliss-reactive ketones (excluding diaryl/α,β-unsaturated/α-hetero) is 1. The lowest BCUT2D eigenvalue weighted by Gasteiger charge is -2.36. The van der Waals surface area contributed by atoms with E-state index in [0.29, 0.717) is 16.5 Å². The number of hydrogen-bond acceptors (Lipinski definition) is 7. The SMILES string of the molecule is O=C(CCCCN1CCN(c2cccc(Cl)c2Cl)CC1)c1cc(O)c(O)c([N+](=O)[O-])c1. The number of piperazine rings is 1. The molecule has 2 aromatic carbocycles. The van der Waals surface area contributed by atoms with E-state index in [9.17, 15) is 25.1 Å². The lowest BCUT2D eigenvalue weighted by atomic mass is 10.0. The molecule has 0 radical (unpaired) electrons. The molecule has 8 nitrogen and oxygen atoms in total. The number of nitro benzene ring substituents is 1. The second-order valence-corrected chi connectivity index (χ2v) is 8.19. The largest absolute Gasteiger partial charge is 0.504 e. The van der Waals surface area contributed by atoms with Crippen molar-refractivity contribution in [1.82, 2.24) is 4.90 Å². The standard InChI is InChI=1S/C21H23Cl2N3O5/c22-15-4-3-5-16(20(15)23)25-10-8-24(9-11-25)7-2-1-6-18(27)14-12-17(26(30)31)21(29)19(28)13-14/h3-5,12-13,28-29H,1-2,6-11H2. The zero-order chi connectivity index (χ0) is 22.5. The minimum Gasteiger partial charge on any atom is -0.504 e. The number of benzene rings is 2. The monoisotopic (exact) mass is 467 g/mol. The summed E-state index contributed by atoms with van der Waals surface area (Å²) in [5.74, 6) is -1.81. The number of carbonyl (C=O) groups excluding carboxylic acids is 1. The number of anilines is 1. The molecule has 2 N–H and O–H groups in total. The van der Waals surface area contributed by atoms with Gasteiger partial charge in [-0.1, -0.05) is 29.3 Å². The molecule has 2 aromatic rings. The van der Waals surface area contributed by atoms with Gasteiger partial charge in [-0.05, 0) is 37.6 Å². The molecule has 1 heterocycles. The van der Waals surface area contributed by atoms with Crippen molar-refractivity contribution < 1.29 is 19.9 Å². The van der Waals surface area contributed by atoms with Gasteiger partial charge < -0.3 is 15.1 Å². The predicted molar refractivity (Wildman–Crippen MR) is 120 cm³/mol. The molecular formula is C21H23Cl2N3O5. The van der Waals surface area contributed by atoms with Crippen LogP contribution in [0.4, 0.5) is 11.4 Å². The summed E-state index contributed by atoms with van der Waals surface area (Å²) >= 11 is 12.4. The number of carbonyl (C=O) groups is 1. The number of aromatic hydroxyl groups is 2. The van der Waals surface area contributed by atoms with Crippen LogP contribution in [-0.4, -0.2) is 58.5 Å². The third-order valence-corrected chi connectivity index (χ3v) is 6.17. The fourth-order valence-electron chi connectivity index (χ4n) is 3.62. The third-order valence-electron chi connectivity index (χ3n) is 5.36. The Balaban J connectivity index is 1.44. The maximum atomic E-state index is 12.3. The minimum atomic E-state index is -0.834. The molecule has 3 rings (SSSR count). The van der Waals surface area contributed by atoms with E-state index in [-0.39, 0.29) is 17.8 Å². The Kier molecular flexibility index (Phi) is 7.59. The third kappa shape index (κ3) is 5.58. The number of hydrogen-bond donors (Lipinski definition) is 2. The van der Waals surface area contributed by atoms with Crippen molar-refractivity contribution in [2.24, 2.45) is 0 Å². The van der Waals surface area contributed by atoms with Gasteiger partial charge >= 0.3 is 5.69 Å². The molecule has 0 saturated carbocycles. The molecule has 31 heavy (non-hydrogen) atoms. The summed E-state index contributed by atoms with van der Waals surface area (Å²) in [7, 11) is 0. The fourth-order valence-corrected chi connectivity index (χ4v) is 4.03. The second kappa shape index (κ2) is 10.2. The topological polar surface area (TPSA) is 107 Å². The molecule has 0 bridgehead atoms. The molecule has 0 aromatic heterocycles. The first-order chi connectivity index (χ1) is 14.8. The van der Waals surface area contributed by atoms with Gasteiger partial charge in [0.15, 0.2) is 11.5 Å². The summed E-state index contributed by atoms with van der Waals surface area (Å²) in [6.07, 6.45) is 1.63. The van der Waals surface area contributed by atoms with Crippen LogP contribution in [0.15, 0.2) is 30.3 Å². The van der Waals surface area contributed by atoms with Crippen LogP contribution in [0, 0.1) is 10.1 Å². The van der Waals surface area contributed by atoms with Crippen molar-refractivity contribution in [1.29, 1.82) is 0 Å². The molecule has 1 aliphatic heterocycles. The van der Waals surface area contributed by atoms with Crippen LogP contribution < -0.4 is 4.90 Å². The van der Waals surface area contributed by atoms with Gasteiger partial charge in [-0.2, -0.15) is 0 Å². The molecule has 0 aliphatic carbocycles. The summed E-state index contributed by atoms with van der Waals surface area (Å²) in [5, 5.41) is 31.2. The Labute approximate surface area is 189 Å². The first kappa shape index (κ1) is 23.1. The van der Waals surface area contributed by atoms with Gasteiger partial charge in [0.25, 0.3) is 0 Å². The van der Waals surface area contributed by atoms with Crippen molar-refractivity contribution in [3.05, 3.63) is 56.1 Å². The summed E-state index contributed by atoms with van der Waals surface area (Å²) < 4.78 is 0. The van der Waals surface area contributed by atoms with Crippen LogP contribution >= 0.6 is 23.2 Å². The van der Waals surface area contributed by atoms with Crippen molar-refractivity contribution in [2.75, 3.05) is 37.6 Å². The number of ketones is 1. The van der Waals surface area contributed by atoms with Gasteiger partial charge in [0.1, 0.15) is 0 Å². The highest BCUT2D eigenvalue weighted by molar-refractivity contribution is 6.43. The number of nitro groups is 1. The Morgan fingerprint density at radius 2 is 1.81 bits per heavy atom. The number of rotatable bonds is 8. The van der Waals surface area contributed by atoms with Crippen LogP contribution in [0.5, 0.6) is 11.5 Å². The zero-order valence-corrected chi connectivity index (χ0v) is 18.3. The average molecular weight is 468 g/mol. The maximum Gasteiger partial charge on any atom is 0.315 e. The number of unbranched alkanes of at least 4 members (excludes halogenated alkanes) is 1. The van der Waals surface area contributed by atoms with Crippen LogP contribution in [0.2, 0.25) is 10.0 Å². The van der Waals surface area contributed by atoms with E-state index in [1.807, 2.05) is 12.1 Å². The van der Waals surface area contributed by atoms with E-state index in [1.54, 1.807) is 6.07 Å². The lowest BCUT2D eigenvalue weighted by Crippen LogP contribution is -2.46. The molecule has 0 atom stereocenters. The van der Waals surface area contributed by atoms with E-state index in [0.717, 1.165) is 57.0 Å². The van der Waals surface area contributed by atoms with Crippen molar-refractivity contribution in [2.45, 2.75) is 19.3 Å². The molecule has 1 saturated heterocycles. The van der Waals surface area contributed by atoms with Gasteiger partial charge in [-0.3, -0.25) is 19.8 Å². The molecule has 1 fully saturated rings. The zero-order valence-electron chi connectivity index (χ0n) is 16.8. The van der Waals surface area contributed by atoms with Crippen LogP contribution in [-0.2, 0) is 0 Å². The Morgan fingerprint density at radius 1 is 1.10 bits per heavy atom. The van der Waals surface area contributed by atoms with Gasteiger partial charge in [-0.25, -0.2) is 0 Å². The van der Waals surface area contributed by atoms with Crippen molar-refractivity contribution >= 4 is 40.4 Å². The Hall–Kier alpha value is -2.55. The van der Waals surface area contributed by atoms with Gasteiger partial charge in [-0.15, -0.1) is 0 Å². The van der Waals surface area contributed by atoms with E-state index in [2.05, 4.69) is 9.80 Å². The number of phenols is 2.